The minimum Gasteiger partial charge on any atom is -0.391 e. The maximum atomic E-state index is 14.1. The van der Waals surface area contributed by atoms with Gasteiger partial charge in [0.15, 0.2) is 0 Å². The highest BCUT2D eigenvalue weighted by Gasteiger charge is 2.29. The van der Waals surface area contributed by atoms with Crippen LogP contribution in [-0.2, 0) is 6.61 Å². The number of para-hydroxylation sites is 1. The van der Waals surface area contributed by atoms with Crippen LogP contribution in [0.25, 0.3) is 10.9 Å². The lowest BCUT2D eigenvalue weighted by Crippen LogP contribution is -2.01. The molecular weight excluding hydrogens is 205 g/mol. The molecule has 1 aliphatic rings. The highest BCUT2D eigenvalue weighted by Crippen LogP contribution is 2.42. The van der Waals surface area contributed by atoms with Crippen molar-refractivity contribution in [2.24, 2.45) is 0 Å². The number of nitrogens with zero attached hydrogens (tertiary/aromatic N) is 1. The van der Waals surface area contributed by atoms with Gasteiger partial charge in [-0.3, -0.25) is 4.98 Å². The van der Waals surface area contributed by atoms with Gasteiger partial charge in [0.05, 0.1) is 17.8 Å². The molecule has 0 radical (unpaired) electrons. The average molecular weight is 217 g/mol. The van der Waals surface area contributed by atoms with Crippen LogP contribution in [0.1, 0.15) is 30.0 Å². The zero-order chi connectivity index (χ0) is 11.1. The Morgan fingerprint density at radius 3 is 2.75 bits per heavy atom. The topological polar surface area (TPSA) is 33.1 Å². The number of aliphatic hydroxyl groups excluding tert-OH is 1. The first-order chi connectivity index (χ1) is 7.81. The van der Waals surface area contributed by atoms with Gasteiger partial charge < -0.3 is 5.11 Å². The van der Waals surface area contributed by atoms with Gasteiger partial charge in [-0.05, 0) is 25.0 Å². The number of hydrogen-bond acceptors (Lipinski definition) is 2. The Morgan fingerprint density at radius 1 is 1.31 bits per heavy atom. The van der Waals surface area contributed by atoms with E-state index in [-0.39, 0.29) is 12.4 Å². The molecule has 3 rings (SSSR count). The fraction of sp³-hybridized carbons (Fsp3) is 0.308. The van der Waals surface area contributed by atoms with E-state index in [1.54, 1.807) is 12.1 Å². The molecule has 1 N–H and O–H groups in total. The quantitative estimate of drug-likeness (QED) is 0.839. The number of hydrogen-bond donors (Lipinski definition) is 1. The van der Waals surface area contributed by atoms with Crippen molar-refractivity contribution in [3.63, 3.8) is 0 Å². The number of aliphatic hydroxyl groups is 1. The summed E-state index contributed by atoms with van der Waals surface area (Å²) in [6.45, 7) is -0.268. The van der Waals surface area contributed by atoms with Gasteiger partial charge >= 0.3 is 0 Å². The van der Waals surface area contributed by atoms with Crippen molar-refractivity contribution in [1.29, 1.82) is 0 Å². The van der Waals surface area contributed by atoms with Gasteiger partial charge in [-0.25, -0.2) is 4.39 Å². The van der Waals surface area contributed by atoms with Crippen molar-refractivity contribution in [2.75, 3.05) is 0 Å². The van der Waals surface area contributed by atoms with E-state index in [4.69, 9.17) is 0 Å². The molecule has 2 aromatic rings. The van der Waals surface area contributed by atoms with Crippen LogP contribution in [-0.4, -0.2) is 10.1 Å². The Labute approximate surface area is 92.7 Å². The molecule has 0 saturated heterocycles. The number of rotatable bonds is 2. The molecule has 0 atom stereocenters. The predicted octanol–water partition coefficient (Wildman–Crippen LogP) is 2.74. The third-order valence-electron chi connectivity index (χ3n) is 3.08. The second-order valence-electron chi connectivity index (χ2n) is 4.24. The highest BCUT2D eigenvalue weighted by atomic mass is 19.1. The van der Waals surface area contributed by atoms with Crippen molar-refractivity contribution in [1.82, 2.24) is 4.98 Å². The molecule has 16 heavy (non-hydrogen) atoms. The summed E-state index contributed by atoms with van der Waals surface area (Å²) in [6.07, 6.45) is 2.11. The second kappa shape index (κ2) is 3.52. The van der Waals surface area contributed by atoms with Crippen LogP contribution >= 0.6 is 0 Å². The monoisotopic (exact) mass is 217 g/mol. The molecule has 0 spiro atoms. The lowest BCUT2D eigenvalue weighted by molar-refractivity contribution is 0.274. The summed E-state index contributed by atoms with van der Waals surface area (Å²) in [5, 5.41) is 9.75. The van der Waals surface area contributed by atoms with Crippen molar-refractivity contribution >= 4 is 10.9 Å². The molecule has 1 heterocycles. The summed E-state index contributed by atoms with van der Waals surface area (Å²) < 4.78 is 14.1. The zero-order valence-corrected chi connectivity index (χ0v) is 8.78. The van der Waals surface area contributed by atoms with Gasteiger partial charge in [-0.15, -0.1) is 0 Å². The molecule has 0 bridgehead atoms. The summed E-state index contributed by atoms with van der Waals surface area (Å²) in [6, 6.07) is 7.15. The Balaban J connectivity index is 2.32. The van der Waals surface area contributed by atoms with Crippen LogP contribution in [0, 0.1) is 5.82 Å². The van der Waals surface area contributed by atoms with E-state index in [1.165, 1.54) is 0 Å². The minimum atomic E-state index is -0.310. The molecule has 82 valence electrons. The van der Waals surface area contributed by atoms with Crippen LogP contribution in [0.4, 0.5) is 4.39 Å². The molecule has 0 amide bonds. The van der Waals surface area contributed by atoms with Gasteiger partial charge in [0.1, 0.15) is 5.82 Å². The van der Waals surface area contributed by atoms with E-state index in [0.717, 1.165) is 18.5 Å². The van der Waals surface area contributed by atoms with Gasteiger partial charge in [0, 0.05) is 16.9 Å². The fourth-order valence-electron chi connectivity index (χ4n) is 2.07. The first-order valence-electron chi connectivity index (χ1n) is 5.49. The average Bonchev–Trinajstić information content (AvgIpc) is 3.13. The van der Waals surface area contributed by atoms with Crippen LogP contribution in [0.5, 0.6) is 0 Å². The van der Waals surface area contributed by atoms with Crippen LogP contribution < -0.4 is 0 Å². The van der Waals surface area contributed by atoms with E-state index in [2.05, 4.69) is 4.98 Å². The number of aromatic nitrogens is 1. The fourth-order valence-corrected chi connectivity index (χ4v) is 2.07. The zero-order valence-electron chi connectivity index (χ0n) is 8.78. The van der Waals surface area contributed by atoms with Crippen molar-refractivity contribution < 1.29 is 9.50 Å². The SMILES string of the molecule is OCc1c(C2CC2)nc2ccccc2c1F. The normalized spacial score (nSPS) is 15.6. The summed E-state index contributed by atoms with van der Waals surface area (Å²) in [5.74, 6) is 0.0382. The number of halogens is 1. The standard InChI is InChI=1S/C13H12FNO/c14-12-9-3-1-2-4-11(9)15-13(8-5-6-8)10(12)7-16/h1-4,8,16H,5-7H2. The molecule has 1 saturated carbocycles. The lowest BCUT2D eigenvalue weighted by Gasteiger charge is -2.09. The first kappa shape index (κ1) is 9.73. The molecule has 0 unspecified atom stereocenters. The van der Waals surface area contributed by atoms with Crippen molar-refractivity contribution in [3.05, 3.63) is 41.3 Å². The van der Waals surface area contributed by atoms with Gasteiger partial charge in [-0.2, -0.15) is 0 Å². The Morgan fingerprint density at radius 2 is 2.06 bits per heavy atom. The Kier molecular flexibility index (Phi) is 2.14. The summed E-state index contributed by atoms with van der Waals surface area (Å²) in [4.78, 5) is 4.47. The minimum absolute atomic E-state index is 0.268. The van der Waals surface area contributed by atoms with E-state index >= 15 is 0 Å². The Bertz CT molecular complexity index is 549. The predicted molar refractivity (Wildman–Crippen MR) is 59.6 cm³/mol. The third-order valence-corrected chi connectivity index (χ3v) is 3.08. The molecule has 1 fully saturated rings. The highest BCUT2D eigenvalue weighted by molar-refractivity contribution is 5.80. The molecule has 1 aliphatic carbocycles. The van der Waals surface area contributed by atoms with E-state index in [9.17, 15) is 9.50 Å². The lowest BCUT2D eigenvalue weighted by atomic mass is 10.1. The first-order valence-corrected chi connectivity index (χ1v) is 5.49. The largest absolute Gasteiger partial charge is 0.391 e. The van der Waals surface area contributed by atoms with E-state index in [0.29, 0.717) is 22.4 Å². The van der Waals surface area contributed by atoms with Crippen molar-refractivity contribution in [3.8, 4) is 0 Å². The van der Waals surface area contributed by atoms with Gasteiger partial charge in [0.25, 0.3) is 0 Å². The van der Waals surface area contributed by atoms with E-state index in [1.807, 2.05) is 12.1 Å². The van der Waals surface area contributed by atoms with Crippen LogP contribution in [0.15, 0.2) is 24.3 Å². The summed E-state index contributed by atoms with van der Waals surface area (Å²) in [7, 11) is 0. The summed E-state index contributed by atoms with van der Waals surface area (Å²) >= 11 is 0. The van der Waals surface area contributed by atoms with Gasteiger partial charge in [-0.1, -0.05) is 12.1 Å². The molecule has 2 nitrogen and oxygen atoms in total. The smallest absolute Gasteiger partial charge is 0.139 e. The maximum absolute atomic E-state index is 14.1. The van der Waals surface area contributed by atoms with Crippen LogP contribution in [0.3, 0.4) is 0 Å². The van der Waals surface area contributed by atoms with Crippen molar-refractivity contribution in [2.45, 2.75) is 25.4 Å². The summed E-state index contributed by atoms with van der Waals surface area (Å²) in [5.41, 5.74) is 1.80. The maximum Gasteiger partial charge on any atom is 0.139 e. The number of benzene rings is 1. The molecule has 3 heteroatoms. The number of pyridine rings is 1. The number of fused-ring (bicyclic) bond motifs is 1. The molecular formula is C13H12FNO. The third kappa shape index (κ3) is 1.39. The second-order valence-corrected chi connectivity index (χ2v) is 4.24. The van der Waals surface area contributed by atoms with Gasteiger partial charge in [0.2, 0.25) is 0 Å². The Hall–Kier alpha value is -1.48. The van der Waals surface area contributed by atoms with Crippen LogP contribution in [0.2, 0.25) is 0 Å². The molecule has 1 aromatic carbocycles. The molecule has 1 aromatic heterocycles. The molecule has 0 aliphatic heterocycles. The van der Waals surface area contributed by atoms with E-state index < -0.39 is 0 Å².